The summed E-state index contributed by atoms with van der Waals surface area (Å²) in [6.45, 7) is 4.68. The van der Waals surface area contributed by atoms with Gasteiger partial charge in [0.2, 0.25) is 0 Å². The Morgan fingerprint density at radius 1 is 1.04 bits per heavy atom. The normalized spacial score (nSPS) is 10.7. The van der Waals surface area contributed by atoms with Crippen LogP contribution in [0.4, 0.5) is 0 Å². The summed E-state index contributed by atoms with van der Waals surface area (Å²) in [5.74, 6) is -0.401. The zero-order valence-electron chi connectivity index (χ0n) is 15.2. The molecular weight excluding hydrogens is 328 g/mol. The van der Waals surface area contributed by atoms with Gasteiger partial charge in [-0.25, -0.2) is 0 Å². The van der Waals surface area contributed by atoms with E-state index in [9.17, 15) is 9.59 Å². The predicted octanol–water partition coefficient (Wildman–Crippen LogP) is 2.35. The lowest BCUT2D eigenvalue weighted by Gasteiger charge is -2.09. The minimum Gasteiger partial charge on any atom is -0.349 e. The van der Waals surface area contributed by atoms with Gasteiger partial charge in [0.1, 0.15) is 11.4 Å². The van der Waals surface area contributed by atoms with E-state index in [0.29, 0.717) is 24.5 Å². The van der Waals surface area contributed by atoms with Gasteiger partial charge in [0.05, 0.1) is 0 Å². The first-order valence-corrected chi connectivity index (χ1v) is 8.52. The molecule has 6 nitrogen and oxygen atoms in total. The molecule has 134 valence electrons. The first-order chi connectivity index (χ1) is 12.5. The third-order valence-corrected chi connectivity index (χ3v) is 4.42. The summed E-state index contributed by atoms with van der Waals surface area (Å²) < 4.78 is 1.91. The minimum atomic E-state index is -0.254. The molecule has 0 spiro atoms. The molecule has 2 N–H and O–H groups in total. The summed E-state index contributed by atoms with van der Waals surface area (Å²) in [7, 11) is 1.89. The number of carbonyl (C=O) groups excluding carboxylic acids is 2. The van der Waals surface area contributed by atoms with Gasteiger partial charge < -0.3 is 15.2 Å². The van der Waals surface area contributed by atoms with E-state index in [-0.39, 0.29) is 11.8 Å². The fourth-order valence-electron chi connectivity index (χ4n) is 3.09. The molecule has 1 aromatic carbocycles. The van der Waals surface area contributed by atoms with Gasteiger partial charge in [-0.3, -0.25) is 14.6 Å². The summed E-state index contributed by atoms with van der Waals surface area (Å²) >= 11 is 0. The van der Waals surface area contributed by atoms with Crippen molar-refractivity contribution in [2.45, 2.75) is 13.8 Å². The fourth-order valence-corrected chi connectivity index (χ4v) is 3.09. The molecule has 2 heterocycles. The van der Waals surface area contributed by atoms with Crippen LogP contribution in [0.25, 0.3) is 10.9 Å². The van der Waals surface area contributed by atoms with Gasteiger partial charge in [-0.1, -0.05) is 17.7 Å². The third kappa shape index (κ3) is 3.44. The summed E-state index contributed by atoms with van der Waals surface area (Å²) in [4.78, 5) is 28.5. The highest BCUT2D eigenvalue weighted by molar-refractivity contribution is 6.01. The standard InChI is InChI=1S/C20H22N4O2/c1-13-7-8-17-15(12-13)14(2)18(24(17)3)20(26)23-11-10-22-19(25)16-6-4-5-9-21-16/h4-9,12H,10-11H2,1-3H3,(H,22,25)(H,23,26). The second-order valence-corrected chi connectivity index (χ2v) is 6.28. The predicted molar refractivity (Wildman–Crippen MR) is 101 cm³/mol. The Morgan fingerprint density at radius 2 is 1.77 bits per heavy atom. The quantitative estimate of drug-likeness (QED) is 0.694. The zero-order chi connectivity index (χ0) is 18.7. The number of pyridine rings is 1. The number of aryl methyl sites for hydroxylation is 3. The molecule has 3 rings (SSSR count). The molecule has 0 saturated heterocycles. The largest absolute Gasteiger partial charge is 0.349 e. The topological polar surface area (TPSA) is 76.0 Å². The van der Waals surface area contributed by atoms with Crippen molar-refractivity contribution in [3.8, 4) is 0 Å². The molecule has 0 fully saturated rings. The molecular formula is C20H22N4O2. The molecule has 0 aliphatic carbocycles. The van der Waals surface area contributed by atoms with E-state index in [1.807, 2.05) is 37.6 Å². The van der Waals surface area contributed by atoms with Crippen LogP contribution in [-0.2, 0) is 7.05 Å². The van der Waals surface area contributed by atoms with Gasteiger partial charge in [0.15, 0.2) is 0 Å². The number of amides is 2. The van der Waals surface area contributed by atoms with Gasteiger partial charge in [0.25, 0.3) is 11.8 Å². The van der Waals surface area contributed by atoms with Crippen molar-refractivity contribution < 1.29 is 9.59 Å². The molecule has 0 aliphatic rings. The highest BCUT2D eigenvalue weighted by Gasteiger charge is 2.18. The fraction of sp³-hybridized carbons (Fsp3) is 0.250. The number of aromatic nitrogens is 2. The lowest BCUT2D eigenvalue weighted by atomic mass is 10.1. The lowest BCUT2D eigenvalue weighted by molar-refractivity contribution is 0.0921. The Balaban J connectivity index is 1.62. The van der Waals surface area contributed by atoms with E-state index in [1.54, 1.807) is 24.4 Å². The Labute approximate surface area is 152 Å². The number of hydrogen-bond acceptors (Lipinski definition) is 3. The summed E-state index contributed by atoms with van der Waals surface area (Å²) in [6.07, 6.45) is 1.57. The van der Waals surface area contributed by atoms with Crippen molar-refractivity contribution in [3.05, 3.63) is 65.1 Å². The molecule has 6 heteroatoms. The maximum absolute atomic E-state index is 12.6. The van der Waals surface area contributed by atoms with E-state index in [0.717, 1.165) is 22.0 Å². The smallest absolute Gasteiger partial charge is 0.269 e. The number of benzene rings is 1. The lowest BCUT2D eigenvalue weighted by Crippen LogP contribution is -2.35. The molecule has 3 aromatic rings. The Hall–Kier alpha value is -3.15. The number of fused-ring (bicyclic) bond motifs is 1. The van der Waals surface area contributed by atoms with Gasteiger partial charge in [-0.15, -0.1) is 0 Å². The number of rotatable bonds is 5. The van der Waals surface area contributed by atoms with Crippen molar-refractivity contribution in [3.63, 3.8) is 0 Å². The van der Waals surface area contributed by atoms with Crippen LogP contribution in [0.2, 0.25) is 0 Å². The molecule has 0 radical (unpaired) electrons. The van der Waals surface area contributed by atoms with Crippen molar-refractivity contribution in [2.24, 2.45) is 7.05 Å². The Bertz CT molecular complexity index is 961. The minimum absolute atomic E-state index is 0.147. The summed E-state index contributed by atoms with van der Waals surface area (Å²) in [5.41, 5.74) is 4.15. The molecule has 2 amide bonds. The van der Waals surface area contributed by atoms with Crippen molar-refractivity contribution in [1.29, 1.82) is 0 Å². The first-order valence-electron chi connectivity index (χ1n) is 8.52. The Kier molecular flexibility index (Phi) is 5.02. The van der Waals surface area contributed by atoms with E-state index in [2.05, 4.69) is 21.7 Å². The van der Waals surface area contributed by atoms with E-state index in [4.69, 9.17) is 0 Å². The number of nitrogens with one attached hydrogen (secondary N) is 2. The van der Waals surface area contributed by atoms with Crippen LogP contribution in [0.3, 0.4) is 0 Å². The number of carbonyl (C=O) groups is 2. The van der Waals surface area contributed by atoms with Crippen LogP contribution < -0.4 is 10.6 Å². The third-order valence-electron chi connectivity index (χ3n) is 4.42. The van der Waals surface area contributed by atoms with Gasteiger partial charge in [0, 0.05) is 37.2 Å². The zero-order valence-corrected chi connectivity index (χ0v) is 15.2. The average Bonchev–Trinajstić information content (AvgIpc) is 2.89. The van der Waals surface area contributed by atoms with Gasteiger partial charge in [-0.2, -0.15) is 0 Å². The molecule has 0 saturated carbocycles. The summed E-state index contributed by atoms with van der Waals surface area (Å²) in [6, 6.07) is 11.3. The second kappa shape index (κ2) is 7.39. The molecule has 26 heavy (non-hydrogen) atoms. The number of nitrogens with zero attached hydrogens (tertiary/aromatic N) is 2. The van der Waals surface area contributed by atoms with Crippen LogP contribution >= 0.6 is 0 Å². The van der Waals surface area contributed by atoms with Gasteiger partial charge in [-0.05, 0) is 43.7 Å². The molecule has 0 aliphatic heterocycles. The van der Waals surface area contributed by atoms with Crippen LogP contribution in [-0.4, -0.2) is 34.5 Å². The molecule has 0 atom stereocenters. The monoisotopic (exact) mass is 350 g/mol. The maximum atomic E-state index is 12.6. The van der Waals surface area contributed by atoms with E-state index < -0.39 is 0 Å². The average molecular weight is 350 g/mol. The SMILES string of the molecule is Cc1ccc2c(c1)c(C)c(C(=O)NCCNC(=O)c1ccccn1)n2C. The van der Waals surface area contributed by atoms with Gasteiger partial charge >= 0.3 is 0 Å². The van der Waals surface area contributed by atoms with E-state index in [1.165, 1.54) is 0 Å². The first kappa shape index (κ1) is 17.7. The van der Waals surface area contributed by atoms with E-state index >= 15 is 0 Å². The van der Waals surface area contributed by atoms with Crippen LogP contribution in [0.5, 0.6) is 0 Å². The van der Waals surface area contributed by atoms with Crippen molar-refractivity contribution >= 4 is 22.7 Å². The molecule has 2 aromatic heterocycles. The highest BCUT2D eigenvalue weighted by atomic mass is 16.2. The maximum Gasteiger partial charge on any atom is 0.269 e. The molecule has 0 bridgehead atoms. The van der Waals surface area contributed by atoms with Crippen LogP contribution in [0, 0.1) is 13.8 Å². The van der Waals surface area contributed by atoms with Crippen LogP contribution in [0.15, 0.2) is 42.6 Å². The van der Waals surface area contributed by atoms with Crippen LogP contribution in [0.1, 0.15) is 32.1 Å². The Morgan fingerprint density at radius 3 is 2.46 bits per heavy atom. The highest BCUT2D eigenvalue weighted by Crippen LogP contribution is 2.25. The number of hydrogen-bond donors (Lipinski definition) is 2. The summed E-state index contributed by atoms with van der Waals surface area (Å²) in [5, 5.41) is 6.70. The van der Waals surface area contributed by atoms with Crippen molar-refractivity contribution in [1.82, 2.24) is 20.2 Å². The second-order valence-electron chi connectivity index (χ2n) is 6.28. The molecule has 0 unspecified atom stereocenters. The van der Waals surface area contributed by atoms with Crippen molar-refractivity contribution in [2.75, 3.05) is 13.1 Å².